The highest BCUT2D eigenvalue weighted by atomic mass is 19.1. The summed E-state index contributed by atoms with van der Waals surface area (Å²) in [6.45, 7) is 8.46. The summed E-state index contributed by atoms with van der Waals surface area (Å²) in [6.07, 6.45) is 4.85. The van der Waals surface area contributed by atoms with E-state index in [4.69, 9.17) is 9.97 Å². The lowest BCUT2D eigenvalue weighted by atomic mass is 9.79. The van der Waals surface area contributed by atoms with Crippen LogP contribution in [0.5, 0.6) is 11.5 Å². The number of aromatic nitrogens is 8. The van der Waals surface area contributed by atoms with Crippen molar-refractivity contribution in [3.05, 3.63) is 106 Å². The van der Waals surface area contributed by atoms with Crippen LogP contribution >= 0.6 is 0 Å². The third kappa shape index (κ3) is 7.57. The Kier molecular flexibility index (Phi) is 11.0. The first-order chi connectivity index (χ1) is 33.9. The number of ketones is 1. The number of carbonyl (C=O) groups excluding carboxylic acids is 1. The van der Waals surface area contributed by atoms with Gasteiger partial charge >= 0.3 is 0 Å². The minimum absolute atomic E-state index is 0.00394. The van der Waals surface area contributed by atoms with E-state index in [-0.39, 0.29) is 35.7 Å². The zero-order valence-electron chi connectivity index (χ0n) is 39.7. The van der Waals surface area contributed by atoms with E-state index in [1.165, 1.54) is 24.3 Å². The van der Waals surface area contributed by atoms with E-state index in [0.717, 1.165) is 128 Å². The van der Waals surface area contributed by atoms with Crippen molar-refractivity contribution >= 4 is 27.6 Å². The second kappa shape index (κ2) is 17.3. The normalized spacial score (nSPS) is 21.3. The number of phenolic OH excluding ortho intramolecular Hbond substituents is 2. The van der Waals surface area contributed by atoms with Gasteiger partial charge in [0.2, 0.25) is 0 Å². The van der Waals surface area contributed by atoms with Crippen molar-refractivity contribution in [3.8, 4) is 56.8 Å². The highest BCUT2D eigenvalue weighted by Crippen LogP contribution is 2.40. The molecule has 0 spiro atoms. The summed E-state index contributed by atoms with van der Waals surface area (Å²) in [6, 6.07) is 17.6. The van der Waals surface area contributed by atoms with Crippen LogP contribution < -0.4 is 0 Å². The molecule has 12 rings (SSSR count). The fourth-order valence-electron chi connectivity index (χ4n) is 11.9. The van der Waals surface area contributed by atoms with Gasteiger partial charge in [-0.2, -0.15) is 10.2 Å². The van der Waals surface area contributed by atoms with Gasteiger partial charge in [0.05, 0.1) is 46.1 Å². The molecule has 6 N–H and O–H groups in total. The van der Waals surface area contributed by atoms with Crippen LogP contribution in [-0.4, -0.2) is 115 Å². The summed E-state index contributed by atoms with van der Waals surface area (Å²) in [4.78, 5) is 41.4. The number of hydrogen-bond acceptors (Lipinski definition) is 11. The lowest BCUT2D eigenvalue weighted by molar-refractivity contribution is -0.134. The summed E-state index contributed by atoms with van der Waals surface area (Å²) >= 11 is 0. The van der Waals surface area contributed by atoms with Crippen LogP contribution in [0.15, 0.2) is 60.7 Å². The third-order valence-electron chi connectivity index (χ3n) is 15.8. The molecule has 0 bridgehead atoms. The first-order valence-corrected chi connectivity index (χ1v) is 24.5. The molecule has 2 saturated heterocycles. The number of nitrogens with zero attached hydrogens (tertiary/aromatic N) is 8. The molecule has 4 atom stereocenters. The molecule has 8 heterocycles. The number of phenols is 2. The zero-order valence-corrected chi connectivity index (χ0v) is 39.7. The number of aromatic hydroxyl groups is 2. The first kappa shape index (κ1) is 44.4. The Morgan fingerprint density at radius 2 is 1.09 bits per heavy atom. The summed E-state index contributed by atoms with van der Waals surface area (Å²) < 4.78 is 28.8. The highest BCUT2D eigenvalue weighted by molar-refractivity contribution is 5.95. The maximum absolute atomic E-state index is 14.5. The molecular weight excluding hydrogens is 891 g/mol. The standard InChI is InChI=1S/C53H56F2N12O3/c1-5-27-17-45(68)37(54)21-35(27)29-7-9-33-39(15-29)60-62-49(33)52-56-41-23-66(24-42(41)57-52)47-19-31(11-13-64(47)3)51(70)32-12-14-65(4)48(20-32)67-25-43-44(26-67)59-53(58-43)50-34-10-8-30(16-40(34)61-63-50)36-22-38(55)46(69)18-28(36)6-2/h7-10,15-18,21-22,31-32,47-48,68-69H,5-6,11-14,19-20,23-26H2,1-4H3,(H,56,57)(H,58,59)(H,60,62)(H,61,63). The van der Waals surface area contributed by atoms with E-state index >= 15 is 0 Å². The largest absolute Gasteiger partial charge is 0.505 e. The van der Waals surface area contributed by atoms with Crippen molar-refractivity contribution in [1.29, 1.82) is 0 Å². The van der Waals surface area contributed by atoms with E-state index in [1.807, 2.05) is 50.2 Å². The molecule has 4 aromatic heterocycles. The molecule has 4 unspecified atom stereocenters. The molecule has 4 aliphatic heterocycles. The summed E-state index contributed by atoms with van der Waals surface area (Å²) in [5, 5.41) is 37.3. The number of aromatic amines is 4. The van der Waals surface area contributed by atoms with Crippen LogP contribution in [0.1, 0.15) is 73.4 Å². The van der Waals surface area contributed by atoms with Gasteiger partial charge in [-0.3, -0.25) is 34.6 Å². The molecule has 4 aliphatic rings. The van der Waals surface area contributed by atoms with Crippen LogP contribution in [0.3, 0.4) is 0 Å². The van der Waals surface area contributed by atoms with Crippen LogP contribution in [0, 0.1) is 23.5 Å². The van der Waals surface area contributed by atoms with E-state index in [9.17, 15) is 23.8 Å². The first-order valence-electron chi connectivity index (χ1n) is 24.5. The molecule has 0 amide bonds. The molecular formula is C53H56F2N12O3. The van der Waals surface area contributed by atoms with Gasteiger partial charge in [-0.25, -0.2) is 18.7 Å². The minimum Gasteiger partial charge on any atom is -0.505 e. The fraction of sp³-hybridized carbons (Fsp3) is 0.377. The average Bonchev–Trinajstić information content (AvgIpc) is 4.23. The monoisotopic (exact) mass is 946 g/mol. The number of Topliss-reactive ketones (excluding diaryl/α,β-unsaturated/α-hetero) is 1. The number of halogens is 2. The maximum Gasteiger partial charge on any atom is 0.165 e. The van der Waals surface area contributed by atoms with Gasteiger partial charge in [0.1, 0.15) is 17.2 Å². The number of aryl methyl sites for hydroxylation is 2. The van der Waals surface area contributed by atoms with Crippen molar-refractivity contribution in [2.45, 2.75) is 90.9 Å². The number of hydrogen-bond donors (Lipinski definition) is 6. The fourth-order valence-corrected chi connectivity index (χ4v) is 11.9. The van der Waals surface area contributed by atoms with Crippen LogP contribution in [0.2, 0.25) is 0 Å². The molecule has 17 heteroatoms. The summed E-state index contributed by atoms with van der Waals surface area (Å²) in [5.74, 6) is -0.179. The molecule has 70 heavy (non-hydrogen) atoms. The van der Waals surface area contributed by atoms with Crippen LogP contribution in [-0.2, 0) is 43.8 Å². The number of likely N-dealkylation sites (tertiary alicyclic amines) is 2. The van der Waals surface area contributed by atoms with E-state index in [0.29, 0.717) is 56.5 Å². The Balaban J connectivity index is 0.685. The molecule has 4 aromatic carbocycles. The smallest absolute Gasteiger partial charge is 0.165 e. The predicted octanol–water partition coefficient (Wildman–Crippen LogP) is 8.60. The Hall–Kier alpha value is -6.79. The Bertz CT molecular complexity index is 3090. The number of piperidine rings is 2. The lowest BCUT2D eigenvalue weighted by Crippen LogP contribution is -2.53. The van der Waals surface area contributed by atoms with Crippen molar-refractivity contribution in [2.24, 2.45) is 11.8 Å². The van der Waals surface area contributed by atoms with Crippen LogP contribution in [0.25, 0.3) is 67.1 Å². The average molecular weight is 947 g/mol. The number of carbonyl (C=O) groups is 1. The second-order valence-corrected chi connectivity index (χ2v) is 19.9. The molecule has 15 nitrogen and oxygen atoms in total. The highest BCUT2D eigenvalue weighted by Gasteiger charge is 2.42. The second-order valence-electron chi connectivity index (χ2n) is 19.9. The summed E-state index contributed by atoms with van der Waals surface area (Å²) in [5.41, 5.74) is 12.1. The zero-order chi connectivity index (χ0) is 48.1. The number of rotatable bonds is 10. The summed E-state index contributed by atoms with van der Waals surface area (Å²) in [7, 11) is 4.33. The number of imidazole rings is 2. The van der Waals surface area contributed by atoms with Crippen LogP contribution in [0.4, 0.5) is 8.78 Å². The Labute approximate surface area is 402 Å². The van der Waals surface area contributed by atoms with E-state index in [1.54, 1.807) is 0 Å². The molecule has 0 aliphatic carbocycles. The molecule has 2 fully saturated rings. The number of H-pyrrole nitrogens is 4. The van der Waals surface area contributed by atoms with E-state index < -0.39 is 11.6 Å². The van der Waals surface area contributed by atoms with Crippen molar-refractivity contribution < 1.29 is 23.8 Å². The van der Waals surface area contributed by atoms with Gasteiger partial charge in [0.15, 0.2) is 34.8 Å². The molecule has 8 aromatic rings. The van der Waals surface area contributed by atoms with Crippen molar-refractivity contribution in [2.75, 3.05) is 27.2 Å². The van der Waals surface area contributed by atoms with Gasteiger partial charge in [0, 0.05) is 61.9 Å². The Morgan fingerprint density at radius 3 is 1.50 bits per heavy atom. The van der Waals surface area contributed by atoms with Crippen molar-refractivity contribution in [1.82, 2.24) is 59.9 Å². The Morgan fingerprint density at radius 1 is 0.643 bits per heavy atom. The van der Waals surface area contributed by atoms with Gasteiger partial charge in [-0.05, 0) is 135 Å². The molecule has 0 radical (unpaired) electrons. The predicted molar refractivity (Wildman–Crippen MR) is 262 cm³/mol. The van der Waals surface area contributed by atoms with E-state index in [2.05, 4.69) is 64.1 Å². The SMILES string of the molecule is CCc1cc(O)c(F)cc1-c1ccc2c(-c3nc4c([nH]3)CN(C3CC(C(=O)C5CCN(C)C(N6Cc7nc(-c8n[nH]c9cc(-c%10cc(F)c(O)cc%10CC)ccc89)[nH]c7C6)C5)CCN3C)C4)n[nH]c2c1. The van der Waals surface area contributed by atoms with Gasteiger partial charge < -0.3 is 20.2 Å². The third-order valence-corrected chi connectivity index (χ3v) is 15.8. The molecule has 360 valence electrons. The van der Waals surface area contributed by atoms with Gasteiger partial charge in [-0.1, -0.05) is 26.0 Å². The van der Waals surface area contributed by atoms with Gasteiger partial charge in [0.25, 0.3) is 0 Å². The molecule has 0 saturated carbocycles. The number of nitrogens with one attached hydrogen (secondary N) is 4. The quantitative estimate of drug-likeness (QED) is 0.0772. The topological polar surface area (TPSA) is 185 Å². The number of benzene rings is 4. The maximum atomic E-state index is 14.5. The lowest BCUT2D eigenvalue weighted by Gasteiger charge is -2.44. The number of fused-ring (bicyclic) bond motifs is 4. The minimum atomic E-state index is -0.646. The van der Waals surface area contributed by atoms with Gasteiger partial charge in [-0.15, -0.1) is 0 Å². The van der Waals surface area contributed by atoms with Crippen molar-refractivity contribution in [3.63, 3.8) is 0 Å².